The quantitative estimate of drug-likeness (QED) is 0.592. The van der Waals surface area contributed by atoms with Crippen LogP contribution in [0.2, 0.25) is 0 Å². The van der Waals surface area contributed by atoms with Crippen molar-refractivity contribution in [2.45, 2.75) is 59.5 Å². The van der Waals surface area contributed by atoms with Crippen LogP contribution in [0.4, 0.5) is 0 Å². The number of nitrogens with zero attached hydrogens (tertiary/aromatic N) is 1. The van der Waals surface area contributed by atoms with E-state index in [9.17, 15) is 0 Å². The van der Waals surface area contributed by atoms with Crippen LogP contribution in [0.25, 0.3) is 0 Å². The molecule has 1 heterocycles. The third-order valence-electron chi connectivity index (χ3n) is 3.17. The lowest BCUT2D eigenvalue weighted by molar-refractivity contribution is 0.493. The van der Waals surface area contributed by atoms with Crippen LogP contribution in [0.1, 0.15) is 50.5 Å². The van der Waals surface area contributed by atoms with Gasteiger partial charge in [-0.2, -0.15) is 0 Å². The first-order valence-electron chi connectivity index (χ1n) is 7.08. The molecule has 108 valence electrons. The minimum atomic E-state index is 0.395. The molecule has 0 aliphatic carbocycles. The molecule has 0 saturated heterocycles. The zero-order valence-corrected chi connectivity index (χ0v) is 13.4. The minimum Gasteiger partial charge on any atom is -0.370 e. The lowest BCUT2D eigenvalue weighted by Crippen LogP contribution is -2.38. The van der Waals surface area contributed by atoms with Crippen molar-refractivity contribution in [3.05, 3.63) is 21.9 Å². The Bertz CT molecular complexity index is 396. The molecule has 4 heteroatoms. The molecule has 3 nitrogen and oxygen atoms in total. The van der Waals surface area contributed by atoms with Gasteiger partial charge in [-0.05, 0) is 43.2 Å². The van der Waals surface area contributed by atoms with E-state index in [-0.39, 0.29) is 0 Å². The highest BCUT2D eigenvalue weighted by Crippen LogP contribution is 2.16. The number of thiophene rings is 1. The molecule has 0 spiro atoms. The number of aliphatic imine (C=N–C) groups is 1. The number of guanidine groups is 1. The molecule has 19 heavy (non-hydrogen) atoms. The summed E-state index contributed by atoms with van der Waals surface area (Å²) in [5.74, 6) is 1.34. The topological polar surface area (TPSA) is 50.4 Å². The van der Waals surface area contributed by atoms with Gasteiger partial charge in [-0.3, -0.25) is 0 Å². The first-order chi connectivity index (χ1) is 8.99. The van der Waals surface area contributed by atoms with E-state index in [1.54, 1.807) is 11.3 Å². The van der Waals surface area contributed by atoms with Gasteiger partial charge in [-0.15, -0.1) is 11.3 Å². The monoisotopic (exact) mass is 281 g/mol. The Balaban J connectivity index is 2.29. The predicted molar refractivity (Wildman–Crippen MR) is 85.7 cm³/mol. The van der Waals surface area contributed by atoms with E-state index in [0.29, 0.717) is 18.5 Å². The Labute approximate surface area is 121 Å². The molecule has 0 amide bonds. The highest BCUT2D eigenvalue weighted by molar-refractivity contribution is 7.10. The van der Waals surface area contributed by atoms with Crippen molar-refractivity contribution in [3.8, 4) is 0 Å². The van der Waals surface area contributed by atoms with E-state index in [2.05, 4.69) is 49.5 Å². The van der Waals surface area contributed by atoms with Crippen LogP contribution in [-0.2, 0) is 6.54 Å². The Kier molecular flexibility index (Phi) is 6.92. The van der Waals surface area contributed by atoms with Gasteiger partial charge in [0.05, 0.1) is 6.54 Å². The van der Waals surface area contributed by atoms with Crippen molar-refractivity contribution in [1.82, 2.24) is 5.32 Å². The average Bonchev–Trinajstić information content (AvgIpc) is 2.71. The molecular weight excluding hydrogens is 254 g/mol. The molecule has 0 bridgehead atoms. The Morgan fingerprint density at radius 2 is 2.11 bits per heavy atom. The predicted octanol–water partition coefficient (Wildman–Crippen LogP) is 3.68. The highest BCUT2D eigenvalue weighted by atomic mass is 32.1. The first-order valence-corrected chi connectivity index (χ1v) is 7.96. The number of nitrogens with two attached hydrogens (primary N) is 1. The van der Waals surface area contributed by atoms with Gasteiger partial charge in [-0.25, -0.2) is 4.99 Å². The van der Waals surface area contributed by atoms with Crippen LogP contribution >= 0.6 is 11.3 Å². The largest absolute Gasteiger partial charge is 0.370 e. The average molecular weight is 281 g/mol. The zero-order valence-electron chi connectivity index (χ0n) is 12.6. The van der Waals surface area contributed by atoms with Crippen LogP contribution in [0.5, 0.6) is 0 Å². The van der Waals surface area contributed by atoms with Crippen molar-refractivity contribution in [2.24, 2.45) is 16.6 Å². The van der Waals surface area contributed by atoms with Gasteiger partial charge >= 0.3 is 0 Å². The lowest BCUT2D eigenvalue weighted by Gasteiger charge is -2.15. The number of hydrogen-bond acceptors (Lipinski definition) is 2. The summed E-state index contributed by atoms with van der Waals surface area (Å²) in [4.78, 5) is 5.69. The number of rotatable bonds is 7. The van der Waals surface area contributed by atoms with Crippen LogP contribution in [0.15, 0.2) is 16.4 Å². The second-order valence-corrected chi connectivity index (χ2v) is 6.60. The molecule has 0 aliphatic rings. The standard InChI is InChI=1S/C15H27N3S/c1-11(2)6-5-7-13(4)18-15(16)17-10-14-12(3)8-9-19-14/h8-9,11,13H,5-7,10H2,1-4H3,(H3,16,17,18). The van der Waals surface area contributed by atoms with Gasteiger partial charge in [0.1, 0.15) is 0 Å². The third kappa shape index (κ3) is 6.62. The maximum absolute atomic E-state index is 5.92. The van der Waals surface area contributed by atoms with E-state index < -0.39 is 0 Å². The first kappa shape index (κ1) is 16.0. The molecule has 0 fully saturated rings. The Morgan fingerprint density at radius 1 is 1.37 bits per heavy atom. The summed E-state index contributed by atoms with van der Waals surface area (Å²) in [7, 11) is 0. The fourth-order valence-electron chi connectivity index (χ4n) is 1.93. The normalized spacial score (nSPS) is 13.8. The molecule has 1 unspecified atom stereocenters. The van der Waals surface area contributed by atoms with Crippen LogP contribution in [-0.4, -0.2) is 12.0 Å². The van der Waals surface area contributed by atoms with Crippen molar-refractivity contribution < 1.29 is 0 Å². The molecular formula is C15H27N3S. The van der Waals surface area contributed by atoms with E-state index >= 15 is 0 Å². The lowest BCUT2D eigenvalue weighted by atomic mass is 10.0. The smallest absolute Gasteiger partial charge is 0.189 e. The highest BCUT2D eigenvalue weighted by Gasteiger charge is 2.04. The van der Waals surface area contributed by atoms with Gasteiger partial charge in [-0.1, -0.05) is 26.7 Å². The molecule has 0 aliphatic heterocycles. The summed E-state index contributed by atoms with van der Waals surface area (Å²) in [6.45, 7) is 9.48. The SMILES string of the molecule is Cc1ccsc1CN=C(N)NC(C)CCCC(C)C. The van der Waals surface area contributed by atoms with E-state index in [1.807, 2.05) is 0 Å². The van der Waals surface area contributed by atoms with Crippen molar-refractivity contribution >= 4 is 17.3 Å². The summed E-state index contributed by atoms with van der Waals surface area (Å²) in [5, 5.41) is 5.36. The second kappa shape index (κ2) is 8.20. The van der Waals surface area contributed by atoms with Crippen molar-refractivity contribution in [3.63, 3.8) is 0 Å². The second-order valence-electron chi connectivity index (χ2n) is 5.60. The Morgan fingerprint density at radius 3 is 2.68 bits per heavy atom. The van der Waals surface area contributed by atoms with Crippen molar-refractivity contribution in [1.29, 1.82) is 0 Å². The summed E-state index contributed by atoms with van der Waals surface area (Å²) < 4.78 is 0. The van der Waals surface area contributed by atoms with E-state index in [4.69, 9.17) is 5.73 Å². The van der Waals surface area contributed by atoms with Crippen molar-refractivity contribution in [2.75, 3.05) is 0 Å². The van der Waals surface area contributed by atoms with Crippen LogP contribution in [0.3, 0.4) is 0 Å². The number of nitrogens with one attached hydrogen (secondary N) is 1. The number of aryl methyl sites for hydroxylation is 1. The molecule has 3 N–H and O–H groups in total. The fourth-order valence-corrected chi connectivity index (χ4v) is 2.76. The Hall–Kier alpha value is -1.03. The maximum atomic E-state index is 5.92. The van der Waals surface area contributed by atoms with Gasteiger partial charge in [0.15, 0.2) is 5.96 Å². The summed E-state index contributed by atoms with van der Waals surface area (Å²) in [5.41, 5.74) is 7.21. The van der Waals surface area contributed by atoms with Gasteiger partial charge in [0, 0.05) is 10.9 Å². The number of hydrogen-bond donors (Lipinski definition) is 2. The summed E-state index contributed by atoms with van der Waals surface area (Å²) in [6, 6.07) is 2.51. The molecule has 0 aromatic carbocycles. The molecule has 0 radical (unpaired) electrons. The van der Waals surface area contributed by atoms with Gasteiger partial charge < -0.3 is 11.1 Å². The maximum Gasteiger partial charge on any atom is 0.189 e. The zero-order chi connectivity index (χ0) is 14.3. The molecule has 0 saturated carbocycles. The van der Waals surface area contributed by atoms with Gasteiger partial charge in [0.2, 0.25) is 0 Å². The molecule has 1 rings (SSSR count). The van der Waals surface area contributed by atoms with Crippen LogP contribution < -0.4 is 11.1 Å². The van der Waals surface area contributed by atoms with E-state index in [0.717, 1.165) is 12.3 Å². The fraction of sp³-hybridized carbons (Fsp3) is 0.667. The summed E-state index contributed by atoms with van der Waals surface area (Å²) in [6.07, 6.45) is 3.66. The van der Waals surface area contributed by atoms with E-state index in [1.165, 1.54) is 23.3 Å². The third-order valence-corrected chi connectivity index (χ3v) is 4.18. The minimum absolute atomic E-state index is 0.395. The molecule has 1 aromatic rings. The van der Waals surface area contributed by atoms with Gasteiger partial charge in [0.25, 0.3) is 0 Å². The van der Waals surface area contributed by atoms with Crippen LogP contribution in [0, 0.1) is 12.8 Å². The molecule has 1 atom stereocenters. The molecule has 1 aromatic heterocycles. The summed E-state index contributed by atoms with van der Waals surface area (Å²) >= 11 is 1.74.